The third-order valence-electron chi connectivity index (χ3n) is 2.85. The molecule has 0 spiro atoms. The fourth-order valence-electron chi connectivity index (χ4n) is 2.18. The van der Waals surface area contributed by atoms with Crippen LogP contribution in [0.5, 0.6) is 0 Å². The van der Waals surface area contributed by atoms with Gasteiger partial charge in [0.05, 0.1) is 0 Å². The molecule has 1 aromatic carbocycles. The van der Waals surface area contributed by atoms with E-state index in [1.165, 1.54) is 0 Å². The van der Waals surface area contributed by atoms with Gasteiger partial charge in [-0.25, -0.2) is 0 Å². The van der Waals surface area contributed by atoms with E-state index in [1.807, 2.05) is 24.3 Å². The fraction of sp³-hybridized carbons (Fsp3) is 0.417. The summed E-state index contributed by atoms with van der Waals surface area (Å²) in [5, 5.41) is 9.12. The zero-order valence-corrected chi connectivity index (χ0v) is 8.81. The lowest BCUT2D eigenvalue weighted by molar-refractivity contribution is -0.138. The van der Waals surface area contributed by atoms with Crippen LogP contribution in [-0.4, -0.2) is 24.2 Å². The monoisotopic (exact) mass is 205 g/mol. The molecule has 15 heavy (non-hydrogen) atoms. The Hall–Kier alpha value is -1.51. The van der Waals surface area contributed by atoms with E-state index in [1.54, 1.807) is 0 Å². The van der Waals surface area contributed by atoms with Gasteiger partial charge in [0.2, 0.25) is 0 Å². The zero-order chi connectivity index (χ0) is 10.8. The Balaban J connectivity index is 2.35. The van der Waals surface area contributed by atoms with Crippen molar-refractivity contribution in [3.8, 4) is 0 Å². The number of rotatable bonds is 3. The van der Waals surface area contributed by atoms with Crippen molar-refractivity contribution < 1.29 is 9.90 Å². The van der Waals surface area contributed by atoms with E-state index in [2.05, 4.69) is 11.8 Å². The number of aliphatic carboxylic acids is 1. The normalized spacial score (nSPS) is 19.0. The van der Waals surface area contributed by atoms with E-state index in [-0.39, 0.29) is 5.92 Å². The van der Waals surface area contributed by atoms with Gasteiger partial charge in [-0.2, -0.15) is 0 Å². The molecule has 0 saturated carbocycles. The number of anilines is 1. The van der Waals surface area contributed by atoms with E-state index >= 15 is 0 Å². The summed E-state index contributed by atoms with van der Waals surface area (Å²) in [4.78, 5) is 13.2. The van der Waals surface area contributed by atoms with E-state index in [0.717, 1.165) is 24.2 Å². The van der Waals surface area contributed by atoms with Gasteiger partial charge in [0, 0.05) is 18.8 Å². The molecule has 0 radical (unpaired) electrons. The first-order chi connectivity index (χ1) is 7.24. The standard InChI is InChI=1S/C12H15NO2/c1-2-7-13-8-10(12(14)15)9-5-3-4-6-11(9)13/h3-6,10H,2,7-8H2,1H3,(H,14,15). The first-order valence-corrected chi connectivity index (χ1v) is 5.30. The molecule has 3 nitrogen and oxygen atoms in total. The molecular weight excluding hydrogens is 190 g/mol. The van der Waals surface area contributed by atoms with Crippen LogP contribution in [0.2, 0.25) is 0 Å². The van der Waals surface area contributed by atoms with Gasteiger partial charge in [0.25, 0.3) is 0 Å². The van der Waals surface area contributed by atoms with Crippen molar-refractivity contribution in [2.24, 2.45) is 0 Å². The SMILES string of the molecule is CCCN1CC(C(=O)O)c2ccccc21. The first kappa shape index (κ1) is 10.0. The summed E-state index contributed by atoms with van der Waals surface area (Å²) in [6.45, 7) is 3.65. The van der Waals surface area contributed by atoms with Crippen molar-refractivity contribution in [2.75, 3.05) is 18.0 Å². The molecule has 0 bridgehead atoms. The minimum absolute atomic E-state index is 0.354. The van der Waals surface area contributed by atoms with Gasteiger partial charge >= 0.3 is 5.97 Å². The number of carbonyl (C=O) groups is 1. The minimum Gasteiger partial charge on any atom is -0.481 e. The Labute approximate surface area is 89.3 Å². The van der Waals surface area contributed by atoms with Crippen molar-refractivity contribution >= 4 is 11.7 Å². The van der Waals surface area contributed by atoms with Crippen molar-refractivity contribution in [3.05, 3.63) is 29.8 Å². The summed E-state index contributed by atoms with van der Waals surface area (Å²) in [5.41, 5.74) is 2.05. The van der Waals surface area contributed by atoms with Gasteiger partial charge in [0.1, 0.15) is 5.92 Å². The van der Waals surface area contributed by atoms with E-state index < -0.39 is 5.97 Å². The number of fused-ring (bicyclic) bond motifs is 1. The molecule has 80 valence electrons. The van der Waals surface area contributed by atoms with Crippen molar-refractivity contribution in [1.82, 2.24) is 0 Å². The molecule has 0 saturated heterocycles. The zero-order valence-electron chi connectivity index (χ0n) is 8.81. The molecule has 1 aromatic rings. The second-order valence-corrected chi connectivity index (χ2v) is 3.90. The third kappa shape index (κ3) is 1.69. The molecule has 0 aromatic heterocycles. The Bertz CT molecular complexity index is 376. The lowest BCUT2D eigenvalue weighted by atomic mass is 10.0. The van der Waals surface area contributed by atoms with Crippen LogP contribution in [0.25, 0.3) is 0 Å². The number of carboxylic acid groups (broad SMARTS) is 1. The Morgan fingerprint density at radius 3 is 2.93 bits per heavy atom. The number of carboxylic acids is 1. The number of hydrogen-bond acceptors (Lipinski definition) is 2. The van der Waals surface area contributed by atoms with Gasteiger partial charge in [-0.15, -0.1) is 0 Å². The summed E-state index contributed by atoms with van der Waals surface area (Å²) >= 11 is 0. The summed E-state index contributed by atoms with van der Waals surface area (Å²) in [6.07, 6.45) is 1.04. The topological polar surface area (TPSA) is 40.5 Å². The molecule has 1 aliphatic heterocycles. The average molecular weight is 205 g/mol. The molecule has 1 atom stereocenters. The first-order valence-electron chi connectivity index (χ1n) is 5.30. The summed E-state index contributed by atoms with van der Waals surface area (Å²) in [6, 6.07) is 7.80. The largest absolute Gasteiger partial charge is 0.481 e. The van der Waals surface area contributed by atoms with Crippen LogP contribution in [-0.2, 0) is 4.79 Å². The van der Waals surface area contributed by atoms with Crippen molar-refractivity contribution in [1.29, 1.82) is 0 Å². The van der Waals surface area contributed by atoms with Gasteiger partial charge in [-0.05, 0) is 18.1 Å². The highest BCUT2D eigenvalue weighted by Gasteiger charge is 2.32. The molecule has 1 N–H and O–H groups in total. The maximum Gasteiger partial charge on any atom is 0.312 e. The second-order valence-electron chi connectivity index (χ2n) is 3.90. The van der Waals surface area contributed by atoms with Gasteiger partial charge < -0.3 is 10.0 Å². The number of para-hydroxylation sites is 1. The van der Waals surface area contributed by atoms with Crippen LogP contribution >= 0.6 is 0 Å². The van der Waals surface area contributed by atoms with Crippen molar-refractivity contribution in [3.63, 3.8) is 0 Å². The van der Waals surface area contributed by atoms with Crippen LogP contribution in [0.3, 0.4) is 0 Å². The highest BCUT2D eigenvalue weighted by atomic mass is 16.4. The third-order valence-corrected chi connectivity index (χ3v) is 2.85. The average Bonchev–Trinajstić information content (AvgIpc) is 2.59. The molecule has 1 unspecified atom stereocenters. The van der Waals surface area contributed by atoms with Crippen LogP contribution in [0.4, 0.5) is 5.69 Å². The van der Waals surface area contributed by atoms with Gasteiger partial charge in [-0.3, -0.25) is 4.79 Å². The number of nitrogens with zero attached hydrogens (tertiary/aromatic N) is 1. The lowest BCUT2D eigenvalue weighted by Crippen LogP contribution is -2.25. The second kappa shape index (κ2) is 3.93. The molecule has 0 aliphatic carbocycles. The maximum atomic E-state index is 11.1. The molecule has 1 heterocycles. The molecule has 0 fully saturated rings. The highest BCUT2D eigenvalue weighted by molar-refractivity contribution is 5.82. The predicted octanol–water partition coefficient (Wildman–Crippen LogP) is 2.08. The number of benzene rings is 1. The molecule has 2 rings (SSSR count). The molecule has 3 heteroatoms. The number of hydrogen-bond donors (Lipinski definition) is 1. The van der Waals surface area contributed by atoms with Crippen molar-refractivity contribution in [2.45, 2.75) is 19.3 Å². The Morgan fingerprint density at radius 2 is 2.27 bits per heavy atom. The lowest BCUT2D eigenvalue weighted by Gasteiger charge is -2.18. The van der Waals surface area contributed by atoms with Gasteiger partial charge in [0.15, 0.2) is 0 Å². The smallest absolute Gasteiger partial charge is 0.312 e. The maximum absolute atomic E-state index is 11.1. The minimum atomic E-state index is -0.721. The van der Waals surface area contributed by atoms with Crippen LogP contribution in [0.15, 0.2) is 24.3 Å². The highest BCUT2D eigenvalue weighted by Crippen LogP contribution is 2.35. The summed E-state index contributed by atoms with van der Waals surface area (Å²) < 4.78 is 0. The van der Waals surface area contributed by atoms with Crippen LogP contribution < -0.4 is 4.90 Å². The van der Waals surface area contributed by atoms with E-state index in [0.29, 0.717) is 6.54 Å². The molecule has 1 aliphatic rings. The van der Waals surface area contributed by atoms with Crippen LogP contribution in [0.1, 0.15) is 24.8 Å². The van der Waals surface area contributed by atoms with Crippen LogP contribution in [0, 0.1) is 0 Å². The summed E-state index contributed by atoms with van der Waals surface area (Å²) in [5.74, 6) is -1.08. The predicted molar refractivity (Wildman–Crippen MR) is 59.3 cm³/mol. The Morgan fingerprint density at radius 1 is 1.53 bits per heavy atom. The van der Waals surface area contributed by atoms with Gasteiger partial charge in [-0.1, -0.05) is 25.1 Å². The van der Waals surface area contributed by atoms with E-state index in [9.17, 15) is 4.79 Å². The van der Waals surface area contributed by atoms with E-state index in [4.69, 9.17) is 5.11 Å². The quantitative estimate of drug-likeness (QED) is 0.821. The fourth-order valence-corrected chi connectivity index (χ4v) is 2.18. The molecular formula is C12H15NO2. The molecule has 0 amide bonds. The Kier molecular flexibility index (Phi) is 2.62. The summed E-state index contributed by atoms with van der Waals surface area (Å²) in [7, 11) is 0.